The number of hydrogen-bond donors (Lipinski definition) is 1. The van der Waals surface area contributed by atoms with Gasteiger partial charge in [0.2, 0.25) is 0 Å². The van der Waals surface area contributed by atoms with Crippen molar-refractivity contribution in [1.82, 2.24) is 0 Å². The molecule has 0 spiro atoms. The number of hydrogen-bond acceptors (Lipinski definition) is 2. The van der Waals surface area contributed by atoms with E-state index in [0.29, 0.717) is 18.0 Å². The molecule has 0 saturated carbocycles. The van der Waals surface area contributed by atoms with Gasteiger partial charge in [0.15, 0.2) is 0 Å². The van der Waals surface area contributed by atoms with Crippen LogP contribution in [0.5, 0.6) is 0 Å². The summed E-state index contributed by atoms with van der Waals surface area (Å²) < 4.78 is 1.11. The minimum atomic E-state index is 0.488. The zero-order valence-electron chi connectivity index (χ0n) is 6.85. The Kier molecular flexibility index (Phi) is 4.33. The average molecular weight is 307 g/mol. The van der Waals surface area contributed by atoms with Crippen LogP contribution in [-0.2, 0) is 0 Å². The van der Waals surface area contributed by atoms with Gasteiger partial charge in [-0.1, -0.05) is 11.6 Å². The van der Waals surface area contributed by atoms with Gasteiger partial charge in [0.25, 0.3) is 0 Å². The molecule has 0 fully saturated rings. The molecule has 0 bridgehead atoms. The molecule has 0 radical (unpaired) electrons. The second kappa shape index (κ2) is 5.30. The highest BCUT2D eigenvalue weighted by Crippen LogP contribution is 2.23. The summed E-state index contributed by atoms with van der Waals surface area (Å²) >= 11 is 8.16. The lowest BCUT2D eigenvalue weighted by molar-refractivity contribution is 1.08. The molecule has 0 aliphatic carbocycles. The largest absolute Gasteiger partial charge is 0.383 e. The molecule has 1 aromatic rings. The molecule has 0 heterocycles. The van der Waals surface area contributed by atoms with E-state index >= 15 is 0 Å². The van der Waals surface area contributed by atoms with E-state index in [1.807, 2.05) is 18.2 Å². The molecule has 0 aromatic heterocycles. The highest BCUT2D eigenvalue weighted by atomic mass is 127. The fourth-order valence-corrected chi connectivity index (χ4v) is 1.81. The minimum Gasteiger partial charge on any atom is -0.383 e. The van der Waals surface area contributed by atoms with Gasteiger partial charge in [-0.05, 0) is 40.8 Å². The molecule has 1 aromatic carbocycles. The molecule has 0 amide bonds. The highest BCUT2D eigenvalue weighted by Gasteiger charge is 1.98. The molecular formula is C9H8ClIN2. The number of nitriles is 1. The first-order chi connectivity index (χ1) is 6.24. The lowest BCUT2D eigenvalue weighted by Gasteiger charge is -2.05. The molecule has 2 nitrogen and oxygen atoms in total. The normalized spacial score (nSPS) is 9.31. The molecule has 0 unspecified atom stereocenters. The molecule has 1 rings (SSSR count). The zero-order chi connectivity index (χ0) is 9.68. The highest BCUT2D eigenvalue weighted by molar-refractivity contribution is 14.1. The van der Waals surface area contributed by atoms with Gasteiger partial charge in [0.1, 0.15) is 0 Å². The van der Waals surface area contributed by atoms with Crippen LogP contribution >= 0.6 is 34.2 Å². The number of nitrogens with zero attached hydrogens (tertiary/aromatic N) is 1. The molecule has 0 saturated heterocycles. The Bertz CT molecular complexity index is 333. The number of benzene rings is 1. The topological polar surface area (TPSA) is 35.8 Å². The van der Waals surface area contributed by atoms with E-state index in [0.717, 1.165) is 9.26 Å². The Labute approximate surface area is 96.0 Å². The second-order valence-corrected chi connectivity index (χ2v) is 4.11. The van der Waals surface area contributed by atoms with Crippen LogP contribution in [0.2, 0.25) is 5.02 Å². The average Bonchev–Trinajstić information content (AvgIpc) is 2.09. The predicted molar refractivity (Wildman–Crippen MR) is 62.9 cm³/mol. The van der Waals surface area contributed by atoms with E-state index in [9.17, 15) is 0 Å². The van der Waals surface area contributed by atoms with Crippen molar-refractivity contribution in [3.8, 4) is 6.07 Å². The van der Waals surface area contributed by atoms with Crippen LogP contribution in [0.15, 0.2) is 18.2 Å². The van der Waals surface area contributed by atoms with Crippen molar-refractivity contribution < 1.29 is 0 Å². The lowest BCUT2D eigenvalue weighted by atomic mass is 10.3. The van der Waals surface area contributed by atoms with Crippen molar-refractivity contribution in [3.63, 3.8) is 0 Å². The van der Waals surface area contributed by atoms with Crippen LogP contribution in [0.3, 0.4) is 0 Å². The zero-order valence-corrected chi connectivity index (χ0v) is 9.76. The van der Waals surface area contributed by atoms with Gasteiger partial charge in [0.05, 0.1) is 23.2 Å². The van der Waals surface area contributed by atoms with Crippen LogP contribution in [0.4, 0.5) is 5.69 Å². The predicted octanol–water partition coefficient (Wildman–Crippen LogP) is 3.27. The van der Waals surface area contributed by atoms with Crippen LogP contribution in [-0.4, -0.2) is 6.54 Å². The summed E-state index contributed by atoms with van der Waals surface area (Å²) in [7, 11) is 0. The van der Waals surface area contributed by atoms with E-state index in [-0.39, 0.29) is 0 Å². The Hall–Kier alpha value is -0.470. The van der Waals surface area contributed by atoms with Crippen molar-refractivity contribution in [2.45, 2.75) is 6.42 Å². The fraction of sp³-hybridized carbons (Fsp3) is 0.222. The summed E-state index contributed by atoms with van der Waals surface area (Å²) in [4.78, 5) is 0. The Morgan fingerprint density at radius 2 is 2.31 bits per heavy atom. The van der Waals surface area contributed by atoms with E-state index in [2.05, 4.69) is 34.0 Å². The molecule has 13 heavy (non-hydrogen) atoms. The molecule has 0 aliphatic heterocycles. The van der Waals surface area contributed by atoms with Crippen molar-refractivity contribution in [2.24, 2.45) is 0 Å². The number of rotatable bonds is 3. The molecule has 0 atom stereocenters. The Morgan fingerprint density at radius 1 is 1.54 bits per heavy atom. The summed E-state index contributed by atoms with van der Waals surface area (Å²) in [5.41, 5.74) is 0.886. The van der Waals surface area contributed by atoms with E-state index in [4.69, 9.17) is 16.9 Å². The lowest BCUT2D eigenvalue weighted by Crippen LogP contribution is -2.00. The number of anilines is 1. The summed E-state index contributed by atoms with van der Waals surface area (Å²) in [5.74, 6) is 0. The van der Waals surface area contributed by atoms with Crippen molar-refractivity contribution in [3.05, 3.63) is 26.8 Å². The maximum absolute atomic E-state index is 8.33. The second-order valence-electron chi connectivity index (χ2n) is 2.46. The van der Waals surface area contributed by atoms with E-state index < -0.39 is 0 Å². The number of nitrogens with one attached hydrogen (secondary N) is 1. The maximum atomic E-state index is 8.33. The fourth-order valence-electron chi connectivity index (χ4n) is 0.886. The summed E-state index contributed by atoms with van der Waals surface area (Å²) in [6.45, 7) is 0.636. The smallest absolute Gasteiger partial charge is 0.0648 e. The summed E-state index contributed by atoms with van der Waals surface area (Å²) in [5, 5.41) is 12.1. The van der Waals surface area contributed by atoms with Gasteiger partial charge >= 0.3 is 0 Å². The van der Waals surface area contributed by atoms with Crippen molar-refractivity contribution in [2.75, 3.05) is 11.9 Å². The van der Waals surface area contributed by atoms with Gasteiger partial charge < -0.3 is 5.32 Å². The van der Waals surface area contributed by atoms with Crippen molar-refractivity contribution >= 4 is 39.9 Å². The van der Waals surface area contributed by atoms with Gasteiger partial charge in [-0.2, -0.15) is 5.26 Å². The van der Waals surface area contributed by atoms with E-state index in [1.54, 1.807) is 0 Å². The summed E-state index contributed by atoms with van der Waals surface area (Å²) in [6, 6.07) is 7.84. The first-order valence-corrected chi connectivity index (χ1v) is 5.25. The molecule has 4 heteroatoms. The minimum absolute atomic E-state index is 0.488. The Morgan fingerprint density at radius 3 is 2.92 bits per heavy atom. The maximum Gasteiger partial charge on any atom is 0.0648 e. The van der Waals surface area contributed by atoms with Crippen LogP contribution in [0.1, 0.15) is 6.42 Å². The van der Waals surface area contributed by atoms with Crippen LogP contribution < -0.4 is 5.32 Å². The third kappa shape index (κ3) is 3.41. The third-order valence-electron chi connectivity index (χ3n) is 1.48. The van der Waals surface area contributed by atoms with Gasteiger partial charge in [-0.15, -0.1) is 0 Å². The Balaban J connectivity index is 2.62. The standard InChI is InChI=1S/C9H8ClIN2/c10-8-6-7(11)2-3-9(8)13-5-1-4-12/h2-3,6,13H,1,5H2. The van der Waals surface area contributed by atoms with Gasteiger partial charge in [0, 0.05) is 10.1 Å². The molecule has 1 N–H and O–H groups in total. The van der Waals surface area contributed by atoms with Crippen LogP contribution in [0.25, 0.3) is 0 Å². The van der Waals surface area contributed by atoms with Crippen molar-refractivity contribution in [1.29, 1.82) is 5.26 Å². The molecule has 68 valence electrons. The van der Waals surface area contributed by atoms with Gasteiger partial charge in [-0.25, -0.2) is 0 Å². The third-order valence-corrected chi connectivity index (χ3v) is 2.47. The monoisotopic (exact) mass is 306 g/mol. The van der Waals surface area contributed by atoms with Gasteiger partial charge in [-0.3, -0.25) is 0 Å². The number of halogens is 2. The van der Waals surface area contributed by atoms with E-state index in [1.165, 1.54) is 0 Å². The summed E-state index contributed by atoms with van der Waals surface area (Å²) in [6.07, 6.45) is 0.488. The quantitative estimate of drug-likeness (QED) is 0.687. The first kappa shape index (κ1) is 10.6. The SMILES string of the molecule is N#CCCNc1ccc(I)cc1Cl. The molecule has 0 aliphatic rings. The first-order valence-electron chi connectivity index (χ1n) is 3.80. The molecular weight excluding hydrogens is 298 g/mol. The van der Waals surface area contributed by atoms with Crippen LogP contribution in [0, 0.1) is 14.9 Å².